The number of aliphatic imine (C=N–C) groups is 4. The summed E-state index contributed by atoms with van der Waals surface area (Å²) in [6.45, 7) is 0. The largest absolute Gasteiger partial charge is 0.269 e. The van der Waals surface area contributed by atoms with Crippen LogP contribution in [0.3, 0.4) is 0 Å². The van der Waals surface area contributed by atoms with Gasteiger partial charge in [-0.2, -0.15) is 0 Å². The number of fused-ring (bicyclic) bond motifs is 4. The monoisotopic (exact) mass is 492 g/mol. The number of nitrogens with zero attached hydrogens (tertiary/aromatic N) is 5. The summed E-state index contributed by atoms with van der Waals surface area (Å²) in [5.41, 5.74) is 8.10. The summed E-state index contributed by atoms with van der Waals surface area (Å²) in [6.07, 6.45) is 21.3. The van der Waals surface area contributed by atoms with E-state index in [4.69, 9.17) is 4.99 Å². The van der Waals surface area contributed by atoms with E-state index in [1.165, 1.54) is 12.1 Å². The van der Waals surface area contributed by atoms with Crippen LogP contribution in [0.1, 0.15) is 5.56 Å². The molecule has 167 valence electrons. The predicted molar refractivity (Wildman–Crippen MR) is 131 cm³/mol. The number of nitro benzene ring substituents is 1. The van der Waals surface area contributed by atoms with E-state index in [0.717, 1.165) is 56.8 Å². The second kappa shape index (κ2) is 8.59. The molecular formula is C26H15CuN5O2. The first-order valence-corrected chi connectivity index (χ1v) is 10.3. The fraction of sp³-hybridized carbons (Fsp3) is 0. The number of hydrogen-bond donors (Lipinski definition) is 0. The molecule has 0 saturated carbocycles. The quantitative estimate of drug-likeness (QED) is 0.329. The second-order valence-electron chi connectivity index (χ2n) is 7.75. The van der Waals surface area contributed by atoms with Crippen molar-refractivity contribution in [2.75, 3.05) is 0 Å². The average molecular weight is 493 g/mol. The first-order chi connectivity index (χ1) is 16.1. The van der Waals surface area contributed by atoms with Crippen LogP contribution in [-0.2, 0) is 17.1 Å². The fourth-order valence-corrected chi connectivity index (χ4v) is 3.89. The maximum absolute atomic E-state index is 11.0. The Bertz CT molecular complexity index is 1500. The zero-order valence-electron chi connectivity index (χ0n) is 17.5. The van der Waals surface area contributed by atoms with Crippen molar-refractivity contribution < 1.29 is 22.0 Å². The normalized spacial score (nSPS) is 19.2. The third-order valence-electron chi connectivity index (χ3n) is 5.43. The van der Waals surface area contributed by atoms with Crippen LogP contribution in [0.15, 0.2) is 134 Å². The first kappa shape index (κ1) is 21.6. The third kappa shape index (κ3) is 4.20. The molecule has 0 spiro atoms. The number of non-ortho nitro benzene ring substituents is 1. The van der Waals surface area contributed by atoms with Crippen molar-refractivity contribution in [1.29, 1.82) is 0 Å². The number of nitro groups is 1. The molecule has 34 heavy (non-hydrogen) atoms. The Kier molecular flexibility index (Phi) is 5.45. The molecule has 0 aliphatic carbocycles. The van der Waals surface area contributed by atoms with Gasteiger partial charge >= 0.3 is 0 Å². The Morgan fingerprint density at radius 3 is 1.62 bits per heavy atom. The molecule has 1 radical (unpaired) electrons. The predicted octanol–water partition coefficient (Wildman–Crippen LogP) is 5.01. The molecule has 0 aromatic heterocycles. The van der Waals surface area contributed by atoms with Gasteiger partial charge in [0.25, 0.3) is 5.69 Å². The van der Waals surface area contributed by atoms with Gasteiger partial charge in [0.15, 0.2) is 0 Å². The van der Waals surface area contributed by atoms with Gasteiger partial charge < -0.3 is 0 Å². The van der Waals surface area contributed by atoms with Crippen molar-refractivity contribution in [3.63, 3.8) is 0 Å². The molecule has 0 saturated heterocycles. The summed E-state index contributed by atoms with van der Waals surface area (Å²) >= 11 is 0. The van der Waals surface area contributed by atoms with Crippen LogP contribution in [0.2, 0.25) is 0 Å². The molecule has 0 atom stereocenters. The summed E-state index contributed by atoms with van der Waals surface area (Å²) in [5, 5.41) is 11.0. The van der Waals surface area contributed by atoms with Gasteiger partial charge in [0, 0.05) is 34.8 Å². The van der Waals surface area contributed by atoms with E-state index < -0.39 is 4.92 Å². The van der Waals surface area contributed by atoms with Crippen LogP contribution >= 0.6 is 0 Å². The van der Waals surface area contributed by atoms with Crippen LogP contribution < -0.4 is 0 Å². The van der Waals surface area contributed by atoms with E-state index in [-0.39, 0.29) is 22.8 Å². The van der Waals surface area contributed by atoms with E-state index in [0.29, 0.717) is 0 Å². The molecule has 0 fully saturated rings. The minimum atomic E-state index is -0.405. The molecule has 1 aromatic rings. The summed E-state index contributed by atoms with van der Waals surface area (Å²) in [5.74, 6) is 0. The summed E-state index contributed by atoms with van der Waals surface area (Å²) in [4.78, 5) is 29.4. The Hall–Kier alpha value is -4.26. The van der Waals surface area contributed by atoms with Gasteiger partial charge in [0.05, 0.1) is 50.6 Å². The van der Waals surface area contributed by atoms with Crippen molar-refractivity contribution >= 4 is 34.1 Å². The van der Waals surface area contributed by atoms with Crippen LogP contribution in [0.5, 0.6) is 0 Å². The summed E-state index contributed by atoms with van der Waals surface area (Å²) in [6, 6.07) is 6.48. The first-order valence-electron chi connectivity index (χ1n) is 10.3. The zero-order chi connectivity index (χ0) is 22.4. The van der Waals surface area contributed by atoms with Crippen molar-refractivity contribution in [2.24, 2.45) is 20.0 Å². The number of allylic oxidation sites excluding steroid dienone is 12. The smallest absolute Gasteiger partial charge is 0.258 e. The van der Waals surface area contributed by atoms with Gasteiger partial charge in [-0.15, -0.1) is 0 Å². The molecule has 8 bridgehead atoms. The van der Waals surface area contributed by atoms with Gasteiger partial charge in [-0.05, 0) is 84.5 Å². The van der Waals surface area contributed by atoms with Crippen molar-refractivity contribution in [2.45, 2.75) is 0 Å². The van der Waals surface area contributed by atoms with Gasteiger partial charge in [-0.25, -0.2) is 20.0 Å². The number of benzene rings is 1. The van der Waals surface area contributed by atoms with Gasteiger partial charge in [0.1, 0.15) is 0 Å². The van der Waals surface area contributed by atoms with E-state index >= 15 is 0 Å². The molecule has 5 aliphatic rings. The Balaban J connectivity index is 0.00000241. The molecule has 5 aliphatic heterocycles. The van der Waals surface area contributed by atoms with Gasteiger partial charge in [0.2, 0.25) is 0 Å². The SMILES string of the molecule is O=[N+]([O-])c1ccc(C2=CC3=NC2=CC2=NC(=CC4=NC(=CC5=NC(=C3)C=C5)C=C4)C=C2)cc1.[Cu]. The van der Waals surface area contributed by atoms with E-state index in [1.54, 1.807) is 12.1 Å². The number of rotatable bonds is 2. The van der Waals surface area contributed by atoms with Crippen LogP contribution in [0.4, 0.5) is 5.69 Å². The molecule has 5 heterocycles. The maximum Gasteiger partial charge on any atom is 0.269 e. The van der Waals surface area contributed by atoms with Crippen molar-refractivity contribution in [1.82, 2.24) is 0 Å². The van der Waals surface area contributed by atoms with Gasteiger partial charge in [-0.1, -0.05) is 0 Å². The molecule has 0 N–H and O–H groups in total. The molecular weight excluding hydrogens is 478 g/mol. The number of hydrogen-bond acceptors (Lipinski definition) is 6. The minimum Gasteiger partial charge on any atom is -0.258 e. The van der Waals surface area contributed by atoms with Crippen LogP contribution in [0, 0.1) is 10.1 Å². The standard InChI is InChI=1S/C26H15N5O2.Cu/c32-31(33)24-9-1-16(2-10-24)25-14-23-13-21-6-5-19(28-21)11-17-3-4-18(27-17)12-20-7-8-22(29-20)15-26(25)30-23;/h1-15H;. The topological polar surface area (TPSA) is 92.6 Å². The summed E-state index contributed by atoms with van der Waals surface area (Å²) < 4.78 is 0. The van der Waals surface area contributed by atoms with Crippen molar-refractivity contribution in [3.8, 4) is 0 Å². The fourth-order valence-electron chi connectivity index (χ4n) is 3.89. The zero-order valence-corrected chi connectivity index (χ0v) is 18.5. The Morgan fingerprint density at radius 2 is 1.09 bits per heavy atom. The molecule has 0 amide bonds. The Morgan fingerprint density at radius 1 is 0.588 bits per heavy atom. The van der Waals surface area contributed by atoms with E-state index in [2.05, 4.69) is 15.0 Å². The molecule has 6 rings (SSSR count). The van der Waals surface area contributed by atoms with Crippen LogP contribution in [0.25, 0.3) is 5.57 Å². The molecule has 0 unspecified atom stereocenters. The van der Waals surface area contributed by atoms with Crippen LogP contribution in [-0.4, -0.2) is 27.8 Å². The van der Waals surface area contributed by atoms with E-state index in [1.807, 2.05) is 66.8 Å². The van der Waals surface area contributed by atoms with Crippen molar-refractivity contribution in [3.05, 3.63) is 130 Å². The molecule has 7 nitrogen and oxygen atoms in total. The van der Waals surface area contributed by atoms with Gasteiger partial charge in [-0.3, -0.25) is 10.1 Å². The average Bonchev–Trinajstić information content (AvgIpc) is 3.59. The second-order valence-corrected chi connectivity index (χ2v) is 7.75. The molecule has 1 aromatic carbocycles. The van der Waals surface area contributed by atoms with E-state index in [9.17, 15) is 10.1 Å². The molecule has 8 heteroatoms. The maximum atomic E-state index is 11.0. The third-order valence-corrected chi connectivity index (χ3v) is 5.43. The Labute approximate surface area is 205 Å². The summed E-state index contributed by atoms with van der Waals surface area (Å²) in [7, 11) is 0. The minimum absolute atomic E-state index is 0.